The van der Waals surface area contributed by atoms with Gasteiger partial charge in [-0.05, 0) is 12.1 Å². The molecule has 0 unspecified atom stereocenters. The number of carbonyl (C=O) groups is 1. The summed E-state index contributed by atoms with van der Waals surface area (Å²) in [6.07, 6.45) is 2.58. The molecule has 1 aromatic heterocycles. The number of carbonyl (C=O) groups excluding carboxylic acids is 1. The summed E-state index contributed by atoms with van der Waals surface area (Å²) in [4.78, 5) is 38.6. The number of nitro groups is 1. The fourth-order valence-electron chi connectivity index (χ4n) is 2.31. The summed E-state index contributed by atoms with van der Waals surface area (Å²) >= 11 is 0. The van der Waals surface area contributed by atoms with Gasteiger partial charge in [0.1, 0.15) is 6.54 Å². The van der Waals surface area contributed by atoms with Crippen molar-refractivity contribution >= 4 is 28.7 Å². The Kier molecular flexibility index (Phi) is 4.79. The SMILES string of the molecule is O=C(Cn1cnc2ccccc2c1=O)N/N=C\c1cccc([N+](=O)[O-])c1. The van der Waals surface area contributed by atoms with Crippen molar-refractivity contribution < 1.29 is 9.72 Å². The number of amides is 1. The molecule has 130 valence electrons. The summed E-state index contributed by atoms with van der Waals surface area (Å²) in [6, 6.07) is 12.7. The molecule has 1 heterocycles. The Morgan fingerprint density at radius 2 is 2.08 bits per heavy atom. The van der Waals surface area contributed by atoms with Gasteiger partial charge in [-0.2, -0.15) is 5.10 Å². The lowest BCUT2D eigenvalue weighted by molar-refractivity contribution is -0.384. The van der Waals surface area contributed by atoms with Crippen molar-refractivity contribution in [2.45, 2.75) is 6.54 Å². The molecule has 0 aliphatic carbocycles. The van der Waals surface area contributed by atoms with Gasteiger partial charge in [0, 0.05) is 17.7 Å². The van der Waals surface area contributed by atoms with Gasteiger partial charge >= 0.3 is 0 Å². The minimum atomic E-state index is -0.522. The first kappa shape index (κ1) is 17.0. The molecule has 0 atom stereocenters. The number of hydrogen-bond donors (Lipinski definition) is 1. The van der Waals surface area contributed by atoms with Crippen LogP contribution in [0.2, 0.25) is 0 Å². The number of non-ortho nitro benzene ring substituents is 1. The number of nitro benzene ring substituents is 1. The topological polar surface area (TPSA) is 119 Å². The summed E-state index contributed by atoms with van der Waals surface area (Å²) in [5.74, 6) is -0.522. The van der Waals surface area contributed by atoms with Crippen molar-refractivity contribution in [2.75, 3.05) is 0 Å². The van der Waals surface area contributed by atoms with Crippen LogP contribution in [-0.2, 0) is 11.3 Å². The van der Waals surface area contributed by atoms with Gasteiger partial charge < -0.3 is 0 Å². The number of fused-ring (bicyclic) bond motifs is 1. The second-order valence-electron chi connectivity index (χ2n) is 5.34. The van der Waals surface area contributed by atoms with E-state index in [1.54, 1.807) is 30.3 Å². The highest BCUT2D eigenvalue weighted by Gasteiger charge is 2.07. The van der Waals surface area contributed by atoms with Gasteiger partial charge in [-0.15, -0.1) is 0 Å². The van der Waals surface area contributed by atoms with Crippen LogP contribution in [0.3, 0.4) is 0 Å². The van der Waals surface area contributed by atoms with Crippen LogP contribution in [0, 0.1) is 10.1 Å². The molecular formula is C17H13N5O4. The third-order valence-electron chi connectivity index (χ3n) is 3.53. The highest BCUT2D eigenvalue weighted by atomic mass is 16.6. The number of hydrazone groups is 1. The van der Waals surface area contributed by atoms with Gasteiger partial charge in [-0.1, -0.05) is 24.3 Å². The van der Waals surface area contributed by atoms with Crippen molar-refractivity contribution in [1.29, 1.82) is 0 Å². The Hall–Kier alpha value is -3.88. The summed E-state index contributed by atoms with van der Waals surface area (Å²) < 4.78 is 1.18. The second-order valence-corrected chi connectivity index (χ2v) is 5.34. The second kappa shape index (κ2) is 7.34. The third kappa shape index (κ3) is 3.78. The standard InChI is InChI=1S/C17H13N5O4/c23-16(20-19-9-12-4-3-5-13(8-12)22(25)26)10-21-11-18-15-7-2-1-6-14(15)17(21)24/h1-9,11H,10H2,(H,20,23)/b19-9-. The van der Waals surface area contributed by atoms with E-state index >= 15 is 0 Å². The summed E-state index contributed by atoms with van der Waals surface area (Å²) in [5.41, 5.74) is 2.89. The molecule has 1 N–H and O–H groups in total. The number of nitrogens with zero attached hydrogens (tertiary/aromatic N) is 4. The van der Waals surface area contributed by atoms with E-state index in [0.717, 1.165) is 0 Å². The predicted molar refractivity (Wildman–Crippen MR) is 94.8 cm³/mol. The summed E-state index contributed by atoms with van der Waals surface area (Å²) in [6.45, 7) is -0.247. The maximum atomic E-state index is 12.3. The van der Waals surface area contributed by atoms with Crippen LogP contribution in [0.1, 0.15) is 5.56 Å². The zero-order valence-corrected chi connectivity index (χ0v) is 13.4. The molecule has 3 aromatic rings. The monoisotopic (exact) mass is 351 g/mol. The molecule has 3 rings (SSSR count). The molecule has 26 heavy (non-hydrogen) atoms. The Morgan fingerprint density at radius 1 is 1.27 bits per heavy atom. The first-order chi connectivity index (χ1) is 12.5. The molecule has 1 amide bonds. The van der Waals surface area contributed by atoms with Crippen LogP contribution in [0.15, 0.2) is 64.8 Å². The number of nitrogens with one attached hydrogen (secondary N) is 1. The van der Waals surface area contributed by atoms with E-state index in [4.69, 9.17) is 0 Å². The molecule has 0 radical (unpaired) electrons. The highest BCUT2D eigenvalue weighted by Crippen LogP contribution is 2.11. The number of aromatic nitrogens is 2. The minimum Gasteiger partial charge on any atom is -0.289 e. The van der Waals surface area contributed by atoms with Gasteiger partial charge in [0.15, 0.2) is 0 Å². The van der Waals surface area contributed by atoms with Crippen LogP contribution in [0.4, 0.5) is 5.69 Å². The Morgan fingerprint density at radius 3 is 2.88 bits per heavy atom. The maximum absolute atomic E-state index is 12.3. The van der Waals surface area contributed by atoms with Crippen molar-refractivity contribution in [3.8, 4) is 0 Å². The van der Waals surface area contributed by atoms with E-state index in [2.05, 4.69) is 15.5 Å². The van der Waals surface area contributed by atoms with E-state index in [9.17, 15) is 19.7 Å². The molecule has 0 fully saturated rings. The molecule has 0 aliphatic rings. The lowest BCUT2D eigenvalue weighted by atomic mass is 10.2. The lowest BCUT2D eigenvalue weighted by Gasteiger charge is -2.05. The number of rotatable bonds is 5. The highest BCUT2D eigenvalue weighted by molar-refractivity contribution is 5.83. The van der Waals surface area contributed by atoms with Gasteiger partial charge in [0.2, 0.25) is 0 Å². The predicted octanol–water partition coefficient (Wildman–Crippen LogP) is 1.46. The van der Waals surface area contributed by atoms with Crippen LogP contribution in [0.25, 0.3) is 10.9 Å². The largest absolute Gasteiger partial charge is 0.289 e. The van der Waals surface area contributed by atoms with Crippen LogP contribution >= 0.6 is 0 Å². The van der Waals surface area contributed by atoms with E-state index in [-0.39, 0.29) is 17.8 Å². The molecule has 0 saturated heterocycles. The summed E-state index contributed by atoms with van der Waals surface area (Å²) in [7, 11) is 0. The zero-order valence-electron chi connectivity index (χ0n) is 13.4. The van der Waals surface area contributed by atoms with E-state index < -0.39 is 10.8 Å². The quantitative estimate of drug-likeness (QED) is 0.424. The van der Waals surface area contributed by atoms with Gasteiger partial charge in [-0.3, -0.25) is 24.3 Å². The van der Waals surface area contributed by atoms with Gasteiger partial charge in [0.25, 0.3) is 17.2 Å². The molecule has 0 spiro atoms. The normalized spacial score (nSPS) is 10.9. The number of hydrogen-bond acceptors (Lipinski definition) is 6. The first-order valence-corrected chi connectivity index (χ1v) is 7.55. The van der Waals surface area contributed by atoms with Crippen LogP contribution in [0.5, 0.6) is 0 Å². The van der Waals surface area contributed by atoms with E-state index in [1.165, 1.54) is 35.3 Å². The van der Waals surface area contributed by atoms with Crippen molar-refractivity contribution in [3.05, 3.63) is 80.9 Å². The molecule has 9 nitrogen and oxygen atoms in total. The summed E-state index contributed by atoms with van der Waals surface area (Å²) in [5, 5.41) is 14.9. The fourth-order valence-corrected chi connectivity index (χ4v) is 2.31. The van der Waals surface area contributed by atoms with Crippen molar-refractivity contribution in [1.82, 2.24) is 15.0 Å². The average Bonchev–Trinajstić information content (AvgIpc) is 2.64. The molecule has 9 heteroatoms. The number of para-hydroxylation sites is 1. The van der Waals surface area contributed by atoms with E-state index in [1.807, 2.05) is 0 Å². The number of benzene rings is 2. The van der Waals surface area contributed by atoms with E-state index in [0.29, 0.717) is 16.5 Å². The Labute approximate surface area is 146 Å². The minimum absolute atomic E-state index is 0.0749. The first-order valence-electron chi connectivity index (χ1n) is 7.55. The molecular weight excluding hydrogens is 338 g/mol. The van der Waals surface area contributed by atoms with Gasteiger partial charge in [-0.25, -0.2) is 10.4 Å². The third-order valence-corrected chi connectivity index (χ3v) is 3.53. The molecule has 0 bridgehead atoms. The van der Waals surface area contributed by atoms with Crippen LogP contribution in [-0.4, -0.2) is 26.6 Å². The smallest absolute Gasteiger partial charge is 0.270 e. The average molecular weight is 351 g/mol. The molecule has 0 saturated carbocycles. The Bertz CT molecular complexity index is 1070. The zero-order chi connectivity index (χ0) is 18.5. The van der Waals surface area contributed by atoms with Gasteiger partial charge in [0.05, 0.1) is 28.4 Å². The van der Waals surface area contributed by atoms with Crippen molar-refractivity contribution in [3.63, 3.8) is 0 Å². The molecule has 2 aromatic carbocycles. The van der Waals surface area contributed by atoms with Crippen LogP contribution < -0.4 is 11.0 Å². The Balaban J connectivity index is 1.68. The van der Waals surface area contributed by atoms with Crippen molar-refractivity contribution in [2.24, 2.45) is 5.10 Å². The molecule has 0 aliphatic heterocycles. The lowest BCUT2D eigenvalue weighted by Crippen LogP contribution is -2.30. The fraction of sp³-hybridized carbons (Fsp3) is 0.0588. The maximum Gasteiger partial charge on any atom is 0.270 e.